The molecule has 1 amide bonds. The second-order valence-electron chi connectivity index (χ2n) is 3.37. The standard InChI is InChI=1S/C11H11ClFNO3/c12-8-2-1-3-9(13)7(8)6-10(15)14-5-4-11(16)17/h1-3H,4-6H2,(H,14,15)(H,16,17). The van der Waals surface area contributed by atoms with Crippen molar-refractivity contribution in [1.82, 2.24) is 5.32 Å². The SMILES string of the molecule is O=C(O)CCNC(=O)Cc1c(F)cccc1Cl. The quantitative estimate of drug-likeness (QED) is 0.844. The number of carboxylic acids is 1. The van der Waals surface area contributed by atoms with Crippen LogP contribution in [0.1, 0.15) is 12.0 Å². The first kappa shape index (κ1) is 13.4. The Bertz CT molecular complexity index is 416. The summed E-state index contributed by atoms with van der Waals surface area (Å²) in [5, 5.41) is 10.9. The third-order valence-electron chi connectivity index (χ3n) is 2.06. The highest BCUT2D eigenvalue weighted by molar-refractivity contribution is 6.31. The minimum Gasteiger partial charge on any atom is -0.481 e. The van der Waals surface area contributed by atoms with Gasteiger partial charge in [0.25, 0.3) is 0 Å². The van der Waals surface area contributed by atoms with E-state index in [1.807, 2.05) is 0 Å². The molecule has 0 heterocycles. The summed E-state index contributed by atoms with van der Waals surface area (Å²) in [7, 11) is 0. The van der Waals surface area contributed by atoms with Crippen molar-refractivity contribution in [2.45, 2.75) is 12.8 Å². The molecule has 0 aromatic heterocycles. The Morgan fingerprint density at radius 3 is 2.71 bits per heavy atom. The van der Waals surface area contributed by atoms with Crippen LogP contribution in [0.2, 0.25) is 5.02 Å². The number of rotatable bonds is 5. The molecule has 1 aromatic carbocycles. The van der Waals surface area contributed by atoms with E-state index in [1.165, 1.54) is 18.2 Å². The topological polar surface area (TPSA) is 66.4 Å². The molecule has 0 spiro atoms. The van der Waals surface area contributed by atoms with Gasteiger partial charge >= 0.3 is 5.97 Å². The van der Waals surface area contributed by atoms with Gasteiger partial charge in [0.05, 0.1) is 12.8 Å². The number of carbonyl (C=O) groups excluding carboxylic acids is 1. The van der Waals surface area contributed by atoms with Gasteiger partial charge in [-0.05, 0) is 12.1 Å². The number of carbonyl (C=O) groups is 2. The fourth-order valence-electron chi connectivity index (χ4n) is 1.23. The number of carboxylic acid groups (broad SMARTS) is 1. The van der Waals surface area contributed by atoms with Crippen LogP contribution in [0.15, 0.2) is 18.2 Å². The van der Waals surface area contributed by atoms with Gasteiger partial charge in [0, 0.05) is 17.1 Å². The molecule has 0 radical (unpaired) electrons. The lowest BCUT2D eigenvalue weighted by Gasteiger charge is -2.06. The van der Waals surface area contributed by atoms with Crippen molar-refractivity contribution in [3.63, 3.8) is 0 Å². The maximum atomic E-state index is 13.3. The molecule has 2 N–H and O–H groups in total. The molecule has 0 aliphatic heterocycles. The number of aliphatic carboxylic acids is 1. The van der Waals surface area contributed by atoms with E-state index in [0.717, 1.165) is 0 Å². The summed E-state index contributed by atoms with van der Waals surface area (Å²) < 4.78 is 13.3. The molecule has 0 saturated heterocycles. The van der Waals surface area contributed by atoms with Crippen molar-refractivity contribution >= 4 is 23.5 Å². The molecular formula is C11H11ClFNO3. The number of halogens is 2. The van der Waals surface area contributed by atoms with Gasteiger partial charge in [0.1, 0.15) is 5.82 Å². The second kappa shape index (κ2) is 6.20. The molecule has 4 nitrogen and oxygen atoms in total. The summed E-state index contributed by atoms with van der Waals surface area (Å²) >= 11 is 5.74. The van der Waals surface area contributed by atoms with Crippen LogP contribution >= 0.6 is 11.6 Å². The molecule has 0 bridgehead atoms. The van der Waals surface area contributed by atoms with Crippen molar-refractivity contribution in [2.24, 2.45) is 0 Å². The lowest BCUT2D eigenvalue weighted by molar-refractivity contribution is -0.136. The normalized spacial score (nSPS) is 10.0. The van der Waals surface area contributed by atoms with Gasteiger partial charge in [-0.15, -0.1) is 0 Å². The van der Waals surface area contributed by atoms with E-state index in [2.05, 4.69) is 5.32 Å². The first-order valence-electron chi connectivity index (χ1n) is 4.92. The molecule has 0 aliphatic rings. The van der Waals surface area contributed by atoms with Crippen LogP contribution in [0, 0.1) is 5.82 Å². The molecule has 1 rings (SSSR count). The van der Waals surface area contributed by atoms with Gasteiger partial charge in [-0.3, -0.25) is 9.59 Å². The highest BCUT2D eigenvalue weighted by atomic mass is 35.5. The molecular weight excluding hydrogens is 249 g/mol. The van der Waals surface area contributed by atoms with E-state index in [-0.39, 0.29) is 30.0 Å². The van der Waals surface area contributed by atoms with Gasteiger partial charge in [0.15, 0.2) is 0 Å². The molecule has 6 heteroatoms. The van der Waals surface area contributed by atoms with Crippen LogP contribution in [0.25, 0.3) is 0 Å². The maximum absolute atomic E-state index is 13.3. The summed E-state index contributed by atoms with van der Waals surface area (Å²) in [6, 6.07) is 4.15. The summed E-state index contributed by atoms with van der Waals surface area (Å²) in [5.74, 6) is -2.02. The molecule has 0 aliphatic carbocycles. The van der Waals surface area contributed by atoms with Crippen molar-refractivity contribution in [1.29, 1.82) is 0 Å². The predicted molar refractivity (Wildman–Crippen MR) is 60.4 cm³/mol. The average molecular weight is 260 g/mol. The van der Waals surface area contributed by atoms with Crippen molar-refractivity contribution in [2.75, 3.05) is 6.54 Å². The van der Waals surface area contributed by atoms with Crippen LogP contribution in [-0.4, -0.2) is 23.5 Å². The van der Waals surface area contributed by atoms with Crippen LogP contribution < -0.4 is 5.32 Å². The zero-order valence-corrected chi connectivity index (χ0v) is 9.63. The smallest absolute Gasteiger partial charge is 0.305 e. The number of amides is 1. The molecule has 17 heavy (non-hydrogen) atoms. The Balaban J connectivity index is 2.53. The van der Waals surface area contributed by atoms with Gasteiger partial charge in [-0.25, -0.2) is 4.39 Å². The van der Waals surface area contributed by atoms with E-state index in [1.54, 1.807) is 0 Å². The Morgan fingerprint density at radius 1 is 1.41 bits per heavy atom. The first-order chi connectivity index (χ1) is 8.00. The fraction of sp³-hybridized carbons (Fsp3) is 0.273. The summed E-state index contributed by atoms with van der Waals surface area (Å²) in [4.78, 5) is 21.6. The number of hydrogen-bond donors (Lipinski definition) is 2. The highest BCUT2D eigenvalue weighted by Crippen LogP contribution is 2.19. The molecule has 0 unspecified atom stereocenters. The molecule has 0 fully saturated rings. The van der Waals surface area contributed by atoms with E-state index in [0.29, 0.717) is 0 Å². The lowest BCUT2D eigenvalue weighted by Crippen LogP contribution is -2.27. The predicted octanol–water partition coefficient (Wildman–Crippen LogP) is 1.61. The Labute approximate surface area is 102 Å². The monoisotopic (exact) mass is 259 g/mol. The van der Waals surface area contributed by atoms with Crippen molar-refractivity contribution in [3.05, 3.63) is 34.6 Å². The van der Waals surface area contributed by atoms with E-state index < -0.39 is 17.7 Å². The minimum atomic E-state index is -1.01. The number of benzene rings is 1. The van der Waals surface area contributed by atoms with Crippen molar-refractivity contribution in [3.8, 4) is 0 Å². The largest absolute Gasteiger partial charge is 0.481 e. The summed E-state index contributed by atoms with van der Waals surface area (Å²) in [5.41, 5.74) is 0.113. The Kier molecular flexibility index (Phi) is 4.90. The van der Waals surface area contributed by atoms with Crippen LogP contribution in [0.5, 0.6) is 0 Å². The summed E-state index contributed by atoms with van der Waals surface area (Å²) in [6.45, 7) is 0.0141. The zero-order chi connectivity index (χ0) is 12.8. The third-order valence-corrected chi connectivity index (χ3v) is 2.41. The maximum Gasteiger partial charge on any atom is 0.305 e. The average Bonchev–Trinajstić information content (AvgIpc) is 2.23. The van der Waals surface area contributed by atoms with Crippen LogP contribution in [-0.2, 0) is 16.0 Å². The Hall–Kier alpha value is -1.62. The van der Waals surface area contributed by atoms with E-state index >= 15 is 0 Å². The van der Waals surface area contributed by atoms with E-state index in [9.17, 15) is 14.0 Å². The lowest BCUT2D eigenvalue weighted by atomic mass is 10.1. The zero-order valence-electron chi connectivity index (χ0n) is 8.87. The van der Waals surface area contributed by atoms with Crippen LogP contribution in [0.3, 0.4) is 0 Å². The van der Waals surface area contributed by atoms with Crippen LogP contribution in [0.4, 0.5) is 4.39 Å². The van der Waals surface area contributed by atoms with Gasteiger partial charge in [-0.2, -0.15) is 0 Å². The molecule has 0 atom stereocenters. The Morgan fingerprint density at radius 2 is 2.12 bits per heavy atom. The van der Waals surface area contributed by atoms with E-state index in [4.69, 9.17) is 16.7 Å². The molecule has 92 valence electrons. The molecule has 0 saturated carbocycles. The minimum absolute atomic E-state index is 0.0141. The van der Waals surface area contributed by atoms with Gasteiger partial charge < -0.3 is 10.4 Å². The second-order valence-corrected chi connectivity index (χ2v) is 3.78. The van der Waals surface area contributed by atoms with Gasteiger partial charge in [0.2, 0.25) is 5.91 Å². The summed E-state index contributed by atoms with van der Waals surface area (Å²) in [6.07, 6.45) is -0.373. The number of nitrogens with one attached hydrogen (secondary N) is 1. The third kappa shape index (κ3) is 4.40. The first-order valence-corrected chi connectivity index (χ1v) is 5.30. The van der Waals surface area contributed by atoms with Crippen molar-refractivity contribution < 1.29 is 19.1 Å². The number of hydrogen-bond acceptors (Lipinski definition) is 2. The van der Waals surface area contributed by atoms with Gasteiger partial charge in [-0.1, -0.05) is 17.7 Å². The molecule has 1 aromatic rings. The highest BCUT2D eigenvalue weighted by Gasteiger charge is 2.11. The fourth-order valence-corrected chi connectivity index (χ4v) is 1.46.